The molecule has 0 fully saturated rings. The fraction of sp³-hybridized carbons (Fsp3) is 0.167. The molecule has 0 saturated heterocycles. The molecule has 1 amide bonds. The van der Waals surface area contributed by atoms with E-state index in [4.69, 9.17) is 34.8 Å². The molecule has 0 aliphatic heterocycles. The summed E-state index contributed by atoms with van der Waals surface area (Å²) in [6, 6.07) is 5.13. The Hall–Kier alpha value is -2.30. The van der Waals surface area contributed by atoms with E-state index >= 15 is 0 Å². The first-order chi connectivity index (χ1) is 12.9. The van der Waals surface area contributed by atoms with Crippen molar-refractivity contribution < 1.29 is 9.59 Å². The summed E-state index contributed by atoms with van der Waals surface area (Å²) in [5, 5.41) is 0.861. The number of allylic oxidation sites excluding steroid dienone is 2. The molecule has 0 radical (unpaired) electrons. The molecule has 2 rings (SSSR count). The van der Waals surface area contributed by atoms with Gasteiger partial charge in [0.15, 0.2) is 6.29 Å². The lowest BCUT2D eigenvalue weighted by Crippen LogP contribution is -2.34. The van der Waals surface area contributed by atoms with Crippen molar-refractivity contribution in [2.75, 3.05) is 12.9 Å². The number of hydrogen-bond acceptors (Lipinski definition) is 4. The molecular weight excluding hydrogens is 411 g/mol. The second-order valence-electron chi connectivity index (χ2n) is 4.58. The van der Waals surface area contributed by atoms with E-state index in [0.717, 1.165) is 11.8 Å². The Morgan fingerprint density at radius 3 is 2.56 bits per heavy atom. The second-order valence-corrected chi connectivity index (χ2v) is 5.72. The molecule has 144 valence electrons. The van der Waals surface area contributed by atoms with Crippen molar-refractivity contribution >= 4 is 58.0 Å². The largest absolute Gasteiger partial charge is 0.351 e. The minimum Gasteiger partial charge on any atom is -0.351 e. The smallest absolute Gasteiger partial charge is 0.265 e. The maximum atomic E-state index is 11.2. The third-order valence-corrected chi connectivity index (χ3v) is 3.72. The number of H-pyrrole nitrogens is 1. The van der Waals surface area contributed by atoms with Crippen LogP contribution in [0.4, 0.5) is 0 Å². The number of pyridine rings is 1. The number of nitrogens with zero attached hydrogens (tertiary/aromatic N) is 1. The first kappa shape index (κ1) is 24.7. The highest BCUT2D eigenvalue weighted by atomic mass is 35.5. The molecule has 0 saturated carbocycles. The van der Waals surface area contributed by atoms with Crippen LogP contribution < -0.4 is 10.9 Å². The van der Waals surface area contributed by atoms with E-state index < -0.39 is 0 Å². The summed E-state index contributed by atoms with van der Waals surface area (Å²) >= 11 is 16.8. The number of terminal acetylenes is 1. The number of hydrogen-bond donors (Lipinski definition) is 3. The third kappa shape index (κ3) is 8.76. The summed E-state index contributed by atoms with van der Waals surface area (Å²) in [5.74, 6) is -0.0422. The first-order valence-corrected chi connectivity index (χ1v) is 8.73. The summed E-state index contributed by atoms with van der Waals surface area (Å²) < 4.78 is 0. The fourth-order valence-corrected chi connectivity index (χ4v) is 2.09. The fourth-order valence-electron chi connectivity index (χ4n) is 1.74. The van der Waals surface area contributed by atoms with Crippen molar-refractivity contribution in [2.24, 2.45) is 0 Å². The minimum atomic E-state index is -0.242. The third-order valence-electron chi connectivity index (χ3n) is 2.84. The first-order valence-electron chi connectivity index (χ1n) is 7.44. The molecule has 0 unspecified atom stereocenters. The summed E-state index contributed by atoms with van der Waals surface area (Å²) in [6.07, 6.45) is 11.9. The Balaban J connectivity index is 0.000000459. The average molecular weight is 430 g/mol. The van der Waals surface area contributed by atoms with Crippen LogP contribution in [-0.4, -0.2) is 35.1 Å². The summed E-state index contributed by atoms with van der Waals surface area (Å²) in [5.41, 5.74) is 7.47. The van der Waals surface area contributed by atoms with Crippen LogP contribution >= 0.6 is 34.8 Å². The summed E-state index contributed by atoms with van der Waals surface area (Å²) in [4.78, 5) is 28.5. The van der Waals surface area contributed by atoms with E-state index in [-0.39, 0.29) is 11.8 Å². The molecule has 3 N–H and O–H groups in total. The molecule has 2 aromatic heterocycles. The van der Waals surface area contributed by atoms with Crippen LogP contribution in [-0.2, 0) is 4.79 Å². The van der Waals surface area contributed by atoms with Gasteiger partial charge in [-0.15, -0.1) is 24.4 Å². The molecule has 27 heavy (non-hydrogen) atoms. The van der Waals surface area contributed by atoms with Gasteiger partial charge in [0.05, 0.1) is 22.6 Å². The van der Waals surface area contributed by atoms with E-state index in [1.54, 1.807) is 38.2 Å². The van der Waals surface area contributed by atoms with E-state index in [1.807, 2.05) is 0 Å². The number of aromatic amines is 1. The zero-order valence-corrected chi connectivity index (χ0v) is 17.0. The minimum absolute atomic E-state index is 0.200. The normalized spacial score (nSPS) is 10.9. The van der Waals surface area contributed by atoms with Gasteiger partial charge in [-0.25, -0.2) is 10.4 Å². The van der Waals surface area contributed by atoms with Crippen molar-refractivity contribution in [3.05, 3.63) is 51.8 Å². The van der Waals surface area contributed by atoms with Gasteiger partial charge in [-0.05, 0) is 31.2 Å². The molecule has 2 heterocycles. The monoisotopic (exact) mass is 428 g/mol. The van der Waals surface area contributed by atoms with E-state index in [9.17, 15) is 9.59 Å². The van der Waals surface area contributed by atoms with Crippen LogP contribution in [0.2, 0.25) is 5.15 Å². The van der Waals surface area contributed by atoms with Gasteiger partial charge in [-0.2, -0.15) is 0 Å². The van der Waals surface area contributed by atoms with Gasteiger partial charge in [0, 0.05) is 17.7 Å². The highest BCUT2D eigenvalue weighted by Gasteiger charge is 2.04. The lowest BCUT2D eigenvalue weighted by molar-refractivity contribution is -0.118. The zero-order valence-electron chi connectivity index (χ0n) is 14.7. The molecule has 0 aromatic carbocycles. The molecule has 2 aromatic rings. The summed E-state index contributed by atoms with van der Waals surface area (Å²) in [6.45, 7) is 1.75. The van der Waals surface area contributed by atoms with Crippen LogP contribution in [0, 0.1) is 12.8 Å². The lowest BCUT2D eigenvalue weighted by Gasteiger charge is -2.03. The van der Waals surface area contributed by atoms with Gasteiger partial charge < -0.3 is 4.98 Å². The van der Waals surface area contributed by atoms with Gasteiger partial charge in [0.2, 0.25) is 0 Å². The molecule has 0 aliphatic rings. The zero-order chi connectivity index (χ0) is 20.8. The van der Waals surface area contributed by atoms with Gasteiger partial charge >= 0.3 is 0 Å². The van der Waals surface area contributed by atoms with Crippen LogP contribution in [0.5, 0.6) is 0 Å². The number of amides is 1. The Kier molecular flexibility index (Phi) is 12.7. The number of carbonyl (C=O) groups is 2. The van der Waals surface area contributed by atoms with Gasteiger partial charge in [-0.3, -0.25) is 15.0 Å². The van der Waals surface area contributed by atoms with Crippen molar-refractivity contribution in [1.29, 1.82) is 0 Å². The number of fused-ring (bicyclic) bond motifs is 1. The topological polar surface area (TPSA) is 86.9 Å². The Morgan fingerprint density at radius 1 is 1.37 bits per heavy atom. The van der Waals surface area contributed by atoms with Crippen LogP contribution in [0.15, 0.2) is 41.0 Å². The van der Waals surface area contributed by atoms with Gasteiger partial charge in [0.1, 0.15) is 5.15 Å². The number of carbonyl (C=O) groups excluding carboxylic acids is 2. The molecule has 0 aliphatic carbocycles. The lowest BCUT2D eigenvalue weighted by atomic mass is 10.2. The maximum absolute atomic E-state index is 11.2. The number of aldehydes is 1. The molecule has 6 nitrogen and oxygen atoms in total. The summed E-state index contributed by atoms with van der Waals surface area (Å²) in [7, 11) is 1.61. The second kappa shape index (κ2) is 13.8. The Labute approximate surface area is 172 Å². The van der Waals surface area contributed by atoms with Crippen LogP contribution in [0.1, 0.15) is 17.4 Å². The molecule has 0 spiro atoms. The van der Waals surface area contributed by atoms with Crippen molar-refractivity contribution in [3.8, 4) is 12.8 Å². The number of rotatable bonds is 5. The van der Waals surface area contributed by atoms with E-state index in [2.05, 4.69) is 33.7 Å². The van der Waals surface area contributed by atoms with Gasteiger partial charge in [-0.1, -0.05) is 29.3 Å². The number of hydrazine groups is 1. The standard InChI is InChI=1S/C8H12Cl2N2O.C8H5ClN2O.C2H2/c1-3-6(4-7(10)5-9)8(13)12-11-2;9-8-2-1-6-7(11-8)3-5(4-12)10-6;1-2/h3-4,11H,5H2,1-2H3,(H,12,13);1-4,10H;1-2H/b6-3+,7-4+;;. The van der Waals surface area contributed by atoms with Crippen LogP contribution in [0.25, 0.3) is 11.0 Å². The predicted octanol–water partition coefficient (Wildman–Crippen LogP) is 3.82. The number of aromatic nitrogens is 2. The molecular formula is C18H19Cl3N4O2. The Bertz CT molecular complexity index is 841. The molecule has 0 atom stereocenters. The van der Waals surface area contributed by atoms with E-state index in [0.29, 0.717) is 27.0 Å². The SMILES string of the molecule is C#C.C/C=C(\C=C(\Cl)CCl)C(=O)NNC.O=Cc1cc2nc(Cl)ccc2[nH]1. The molecule has 0 bridgehead atoms. The molecule has 9 heteroatoms. The number of nitrogens with one attached hydrogen (secondary N) is 3. The number of halogens is 3. The van der Waals surface area contributed by atoms with Crippen molar-refractivity contribution in [3.63, 3.8) is 0 Å². The highest BCUT2D eigenvalue weighted by molar-refractivity contribution is 6.36. The van der Waals surface area contributed by atoms with Crippen molar-refractivity contribution in [2.45, 2.75) is 6.92 Å². The quantitative estimate of drug-likeness (QED) is 0.128. The Morgan fingerprint density at radius 2 is 2.04 bits per heavy atom. The van der Waals surface area contributed by atoms with Crippen molar-refractivity contribution in [1.82, 2.24) is 20.8 Å². The number of alkyl halides is 1. The van der Waals surface area contributed by atoms with Gasteiger partial charge in [0.25, 0.3) is 5.91 Å². The maximum Gasteiger partial charge on any atom is 0.265 e. The predicted molar refractivity (Wildman–Crippen MR) is 112 cm³/mol. The highest BCUT2D eigenvalue weighted by Crippen LogP contribution is 2.15. The van der Waals surface area contributed by atoms with Crippen LogP contribution in [0.3, 0.4) is 0 Å². The van der Waals surface area contributed by atoms with E-state index in [1.165, 1.54) is 6.08 Å². The average Bonchev–Trinajstić information content (AvgIpc) is 3.10.